The number of carbonyl (C=O) groups excluding carboxylic acids is 2. The normalized spacial score (nSPS) is 21.3. The van der Waals surface area contributed by atoms with Gasteiger partial charge in [0.05, 0.1) is 11.0 Å². The number of likely N-dealkylation sites (tertiary alicyclic amines) is 1. The lowest BCUT2D eigenvalue weighted by Crippen LogP contribution is -2.46. The van der Waals surface area contributed by atoms with E-state index >= 15 is 0 Å². The van der Waals surface area contributed by atoms with Crippen LogP contribution in [0.15, 0.2) is 24.3 Å². The summed E-state index contributed by atoms with van der Waals surface area (Å²) >= 11 is 0. The summed E-state index contributed by atoms with van der Waals surface area (Å²) in [6.45, 7) is 2.90. The first-order chi connectivity index (χ1) is 13.5. The van der Waals surface area contributed by atoms with E-state index in [0.29, 0.717) is 25.9 Å². The molecule has 2 aliphatic heterocycles. The molecule has 160 valence electrons. The van der Waals surface area contributed by atoms with Crippen LogP contribution in [0.1, 0.15) is 37.7 Å². The van der Waals surface area contributed by atoms with E-state index in [4.69, 9.17) is 0 Å². The van der Waals surface area contributed by atoms with Crippen LogP contribution in [0.2, 0.25) is 0 Å². The number of nitrogens with one attached hydrogen (secondary N) is 2. The Morgan fingerprint density at radius 2 is 2.10 bits per heavy atom. The fraction of sp³-hybridized carbons (Fsp3) is 0.600. The van der Waals surface area contributed by atoms with Gasteiger partial charge in [0.15, 0.2) is 0 Å². The third kappa shape index (κ3) is 6.68. The van der Waals surface area contributed by atoms with Gasteiger partial charge in [0, 0.05) is 38.2 Å². The topological polar surface area (TPSA) is 105 Å². The molecule has 0 spiro atoms. The van der Waals surface area contributed by atoms with Gasteiger partial charge in [0.1, 0.15) is 0 Å². The van der Waals surface area contributed by atoms with Crippen LogP contribution in [0, 0.1) is 16.0 Å². The second-order valence-corrected chi connectivity index (χ2v) is 7.67. The van der Waals surface area contributed by atoms with E-state index in [1.54, 1.807) is 6.07 Å². The first kappa shape index (κ1) is 23.1. The predicted octanol–water partition coefficient (Wildman–Crippen LogP) is 2.06. The van der Waals surface area contributed by atoms with Crippen LogP contribution in [0.25, 0.3) is 0 Å². The lowest BCUT2D eigenvalue weighted by Gasteiger charge is -2.33. The summed E-state index contributed by atoms with van der Waals surface area (Å²) in [4.78, 5) is 37.0. The summed E-state index contributed by atoms with van der Waals surface area (Å²) in [6.07, 6.45) is 4.70. The Hall–Kier alpha value is -2.19. The number of rotatable bonds is 7. The van der Waals surface area contributed by atoms with Gasteiger partial charge in [0.25, 0.3) is 5.69 Å². The van der Waals surface area contributed by atoms with Crippen molar-refractivity contribution < 1.29 is 14.5 Å². The van der Waals surface area contributed by atoms with Gasteiger partial charge in [0.2, 0.25) is 11.8 Å². The number of hydrogen-bond donors (Lipinski definition) is 2. The fourth-order valence-electron chi connectivity index (χ4n) is 3.97. The highest BCUT2D eigenvalue weighted by atomic mass is 35.5. The van der Waals surface area contributed by atoms with Gasteiger partial charge in [-0.15, -0.1) is 12.4 Å². The van der Waals surface area contributed by atoms with E-state index in [1.807, 2.05) is 11.0 Å². The lowest BCUT2D eigenvalue weighted by molar-refractivity contribution is -0.384. The average molecular weight is 425 g/mol. The zero-order valence-electron chi connectivity index (χ0n) is 16.5. The fourth-order valence-corrected chi connectivity index (χ4v) is 3.97. The highest BCUT2D eigenvalue weighted by Crippen LogP contribution is 2.19. The van der Waals surface area contributed by atoms with Crippen LogP contribution in [-0.2, 0) is 16.0 Å². The van der Waals surface area contributed by atoms with Crippen molar-refractivity contribution in [3.05, 3.63) is 39.9 Å². The molecule has 1 aromatic rings. The molecule has 2 amide bonds. The van der Waals surface area contributed by atoms with Crippen LogP contribution >= 0.6 is 12.4 Å². The van der Waals surface area contributed by atoms with Crippen LogP contribution in [-0.4, -0.2) is 53.9 Å². The molecular formula is C20H29ClN4O4. The van der Waals surface area contributed by atoms with E-state index in [2.05, 4.69) is 10.6 Å². The third-order valence-corrected chi connectivity index (χ3v) is 5.56. The Kier molecular flexibility index (Phi) is 8.85. The Morgan fingerprint density at radius 1 is 1.28 bits per heavy atom. The van der Waals surface area contributed by atoms with E-state index in [1.165, 1.54) is 12.1 Å². The van der Waals surface area contributed by atoms with Gasteiger partial charge in [-0.3, -0.25) is 19.7 Å². The second kappa shape index (κ2) is 11.1. The molecule has 1 aromatic carbocycles. The standard InChI is InChI=1S/C20H28N4O4.ClH/c25-19(9-8-15-4-1-6-17(12-15)24(27)28)23-11-3-5-16(14-23)13-22-20(26)18-7-2-10-21-18;/h1,4,6,12,16,18,21H,2-3,5,7-11,13-14H2,(H,22,26);1H. The number of non-ortho nitro benzene ring substituents is 1. The van der Waals surface area contributed by atoms with Gasteiger partial charge in [-0.1, -0.05) is 12.1 Å². The summed E-state index contributed by atoms with van der Waals surface area (Å²) in [5.41, 5.74) is 0.850. The summed E-state index contributed by atoms with van der Waals surface area (Å²) in [5.74, 6) is 0.410. The number of hydrogen-bond acceptors (Lipinski definition) is 5. The summed E-state index contributed by atoms with van der Waals surface area (Å²) < 4.78 is 0. The SMILES string of the molecule is Cl.O=C(NCC1CCCN(C(=O)CCc2cccc([N+](=O)[O-])c2)C1)C1CCCN1. The van der Waals surface area contributed by atoms with E-state index < -0.39 is 4.92 Å². The quantitative estimate of drug-likeness (QED) is 0.515. The lowest BCUT2D eigenvalue weighted by atomic mass is 9.97. The van der Waals surface area contributed by atoms with Crippen molar-refractivity contribution in [3.8, 4) is 0 Å². The maximum Gasteiger partial charge on any atom is 0.269 e. The summed E-state index contributed by atoms with van der Waals surface area (Å²) in [5, 5.41) is 17.1. The van der Waals surface area contributed by atoms with E-state index in [9.17, 15) is 19.7 Å². The molecule has 0 aliphatic carbocycles. The molecule has 2 N–H and O–H groups in total. The molecule has 2 atom stereocenters. The summed E-state index contributed by atoms with van der Waals surface area (Å²) in [6, 6.07) is 6.37. The number of nitrogens with zero attached hydrogens (tertiary/aromatic N) is 2. The minimum Gasteiger partial charge on any atom is -0.354 e. The predicted molar refractivity (Wildman–Crippen MR) is 112 cm³/mol. The Balaban J connectivity index is 0.00000300. The smallest absolute Gasteiger partial charge is 0.269 e. The Morgan fingerprint density at radius 3 is 2.83 bits per heavy atom. The summed E-state index contributed by atoms with van der Waals surface area (Å²) in [7, 11) is 0. The number of aryl methyl sites for hydroxylation is 1. The van der Waals surface area contributed by atoms with Crippen molar-refractivity contribution in [2.45, 2.75) is 44.6 Å². The van der Waals surface area contributed by atoms with Crippen molar-refractivity contribution in [2.75, 3.05) is 26.2 Å². The number of nitro groups is 1. The average Bonchev–Trinajstić information content (AvgIpc) is 3.25. The molecule has 9 heteroatoms. The Labute approximate surface area is 177 Å². The monoisotopic (exact) mass is 424 g/mol. The number of carbonyl (C=O) groups is 2. The maximum absolute atomic E-state index is 12.6. The van der Waals surface area contributed by atoms with Gasteiger partial charge >= 0.3 is 0 Å². The minimum absolute atomic E-state index is 0. The van der Waals surface area contributed by atoms with E-state index in [-0.39, 0.29) is 41.9 Å². The van der Waals surface area contributed by atoms with Crippen molar-refractivity contribution in [1.82, 2.24) is 15.5 Å². The van der Waals surface area contributed by atoms with Crippen molar-refractivity contribution in [2.24, 2.45) is 5.92 Å². The van der Waals surface area contributed by atoms with Gasteiger partial charge in [-0.25, -0.2) is 0 Å². The minimum atomic E-state index is -0.421. The number of nitro benzene ring substituents is 1. The highest BCUT2D eigenvalue weighted by molar-refractivity contribution is 5.85. The molecule has 0 radical (unpaired) electrons. The first-order valence-electron chi connectivity index (χ1n) is 10.0. The molecule has 2 unspecified atom stereocenters. The molecule has 0 saturated carbocycles. The molecule has 0 aromatic heterocycles. The molecule has 8 nitrogen and oxygen atoms in total. The molecule has 0 bridgehead atoms. The number of piperidine rings is 1. The molecule has 2 heterocycles. The van der Waals surface area contributed by atoms with Crippen LogP contribution in [0.4, 0.5) is 5.69 Å². The van der Waals surface area contributed by atoms with Crippen molar-refractivity contribution in [1.29, 1.82) is 0 Å². The molecule has 3 rings (SSSR count). The largest absolute Gasteiger partial charge is 0.354 e. The second-order valence-electron chi connectivity index (χ2n) is 7.67. The van der Waals surface area contributed by atoms with Crippen LogP contribution in [0.3, 0.4) is 0 Å². The molecule has 29 heavy (non-hydrogen) atoms. The van der Waals surface area contributed by atoms with Crippen LogP contribution in [0.5, 0.6) is 0 Å². The first-order valence-corrected chi connectivity index (χ1v) is 10.0. The number of halogens is 1. The third-order valence-electron chi connectivity index (χ3n) is 5.56. The van der Waals surface area contributed by atoms with Crippen molar-refractivity contribution in [3.63, 3.8) is 0 Å². The number of amides is 2. The van der Waals surface area contributed by atoms with Crippen molar-refractivity contribution >= 4 is 29.9 Å². The van der Waals surface area contributed by atoms with Crippen LogP contribution < -0.4 is 10.6 Å². The zero-order chi connectivity index (χ0) is 19.9. The highest BCUT2D eigenvalue weighted by Gasteiger charge is 2.26. The van der Waals surface area contributed by atoms with Gasteiger partial charge in [-0.05, 0) is 50.1 Å². The Bertz CT molecular complexity index is 724. The molecular weight excluding hydrogens is 396 g/mol. The maximum atomic E-state index is 12.6. The molecule has 2 saturated heterocycles. The zero-order valence-corrected chi connectivity index (χ0v) is 17.3. The van der Waals surface area contributed by atoms with Gasteiger partial charge < -0.3 is 15.5 Å². The molecule has 2 aliphatic rings. The van der Waals surface area contributed by atoms with Gasteiger partial charge in [-0.2, -0.15) is 0 Å². The molecule has 2 fully saturated rings. The van der Waals surface area contributed by atoms with E-state index in [0.717, 1.165) is 44.3 Å². The number of benzene rings is 1.